The summed E-state index contributed by atoms with van der Waals surface area (Å²) < 4.78 is 12.9. The first-order chi connectivity index (χ1) is 15.0. The molecule has 1 atom stereocenters. The van der Waals surface area contributed by atoms with E-state index in [1.54, 1.807) is 32.4 Å². The van der Waals surface area contributed by atoms with Crippen molar-refractivity contribution in [3.63, 3.8) is 0 Å². The Balaban J connectivity index is 1.50. The second-order valence-corrected chi connectivity index (χ2v) is 8.59. The number of aromatic nitrogens is 3. The van der Waals surface area contributed by atoms with Crippen LogP contribution in [0.3, 0.4) is 0 Å². The average molecular weight is 423 g/mol. The van der Waals surface area contributed by atoms with Crippen LogP contribution < -0.4 is 9.47 Å². The first-order valence-corrected chi connectivity index (χ1v) is 10.8. The maximum absolute atomic E-state index is 13.1. The number of fused-ring (bicyclic) bond motifs is 1. The Hall–Kier alpha value is -3.09. The lowest BCUT2D eigenvalue weighted by Gasteiger charge is -2.18. The highest BCUT2D eigenvalue weighted by Crippen LogP contribution is 2.27. The summed E-state index contributed by atoms with van der Waals surface area (Å²) >= 11 is 0. The van der Waals surface area contributed by atoms with Crippen LogP contribution in [-0.4, -0.2) is 52.7 Å². The van der Waals surface area contributed by atoms with E-state index in [-0.39, 0.29) is 5.91 Å². The van der Waals surface area contributed by atoms with Crippen LogP contribution in [-0.2, 0) is 13.0 Å². The molecule has 7 nitrogen and oxygen atoms in total. The number of amides is 1. The van der Waals surface area contributed by atoms with Crippen molar-refractivity contribution in [3.8, 4) is 11.5 Å². The molecule has 164 valence electrons. The topological polar surface area (TPSA) is 69.5 Å². The predicted octanol–water partition coefficient (Wildman–Crippen LogP) is 3.81. The number of imidazole rings is 1. The van der Waals surface area contributed by atoms with E-state index in [1.807, 2.05) is 23.2 Å². The maximum Gasteiger partial charge on any atom is 0.254 e. The second kappa shape index (κ2) is 8.96. The van der Waals surface area contributed by atoms with Crippen molar-refractivity contribution in [2.45, 2.75) is 33.2 Å². The average Bonchev–Trinajstić information content (AvgIpc) is 3.37. The summed E-state index contributed by atoms with van der Waals surface area (Å²) in [4.78, 5) is 24.5. The number of rotatable bonds is 7. The van der Waals surface area contributed by atoms with Gasteiger partial charge in [-0.2, -0.15) is 0 Å². The van der Waals surface area contributed by atoms with Crippen molar-refractivity contribution in [1.29, 1.82) is 0 Å². The lowest BCUT2D eigenvalue weighted by Crippen LogP contribution is -2.29. The molecule has 3 heterocycles. The van der Waals surface area contributed by atoms with E-state index < -0.39 is 0 Å². The molecule has 1 aliphatic heterocycles. The molecule has 0 bridgehead atoms. The van der Waals surface area contributed by atoms with Crippen LogP contribution in [0.5, 0.6) is 11.5 Å². The van der Waals surface area contributed by atoms with Crippen molar-refractivity contribution in [2.75, 3.05) is 27.3 Å². The molecule has 3 aromatic rings. The van der Waals surface area contributed by atoms with Crippen LogP contribution in [0.25, 0.3) is 11.2 Å². The fraction of sp³-hybridized carbons (Fsp3) is 0.458. The molecule has 1 fully saturated rings. The predicted molar refractivity (Wildman–Crippen MR) is 120 cm³/mol. The minimum Gasteiger partial charge on any atom is -0.497 e. The summed E-state index contributed by atoms with van der Waals surface area (Å²) in [6, 6.07) is 9.26. The van der Waals surface area contributed by atoms with Gasteiger partial charge in [-0.1, -0.05) is 13.8 Å². The lowest BCUT2D eigenvalue weighted by molar-refractivity contribution is 0.0786. The summed E-state index contributed by atoms with van der Waals surface area (Å²) in [6.45, 7) is 6.76. The summed E-state index contributed by atoms with van der Waals surface area (Å²) in [5.74, 6) is 3.19. The summed E-state index contributed by atoms with van der Waals surface area (Å²) in [6.07, 6.45) is 3.63. The molecule has 1 aliphatic rings. The number of benzene rings is 1. The van der Waals surface area contributed by atoms with Gasteiger partial charge >= 0.3 is 0 Å². The standard InChI is InChI=1S/C24H30N4O3/c1-16(2)14-28-22(26-21-6-5-8-25-23(21)28)10-17-7-9-27(15-17)24(29)18-11-19(30-3)13-20(12-18)31-4/h5-6,8,11-13,16-17H,7,9-10,14-15H2,1-4H3. The molecule has 1 aromatic carbocycles. The maximum atomic E-state index is 13.1. The van der Waals surface area contributed by atoms with E-state index in [0.29, 0.717) is 28.9 Å². The van der Waals surface area contributed by atoms with Gasteiger partial charge in [-0.15, -0.1) is 0 Å². The molecule has 0 N–H and O–H groups in total. The molecule has 2 aromatic heterocycles. The number of hydrogen-bond acceptors (Lipinski definition) is 5. The van der Waals surface area contributed by atoms with Gasteiger partial charge in [0.1, 0.15) is 22.8 Å². The van der Waals surface area contributed by atoms with E-state index in [9.17, 15) is 4.79 Å². The number of methoxy groups -OCH3 is 2. The van der Waals surface area contributed by atoms with Crippen molar-refractivity contribution < 1.29 is 14.3 Å². The molecule has 0 aliphatic carbocycles. The van der Waals surface area contributed by atoms with E-state index >= 15 is 0 Å². The number of ether oxygens (including phenoxy) is 2. The summed E-state index contributed by atoms with van der Waals surface area (Å²) in [5, 5.41) is 0. The highest BCUT2D eigenvalue weighted by molar-refractivity contribution is 5.95. The van der Waals surface area contributed by atoms with E-state index in [2.05, 4.69) is 23.4 Å². The van der Waals surface area contributed by atoms with Gasteiger partial charge in [-0.05, 0) is 42.5 Å². The van der Waals surface area contributed by atoms with Crippen LogP contribution >= 0.6 is 0 Å². The molecule has 0 saturated carbocycles. The van der Waals surface area contributed by atoms with Crippen molar-refractivity contribution in [2.24, 2.45) is 11.8 Å². The van der Waals surface area contributed by atoms with E-state index in [1.165, 1.54) is 0 Å². The normalized spacial score (nSPS) is 16.3. The molecular weight excluding hydrogens is 392 g/mol. The first-order valence-electron chi connectivity index (χ1n) is 10.8. The molecular formula is C24H30N4O3. The SMILES string of the molecule is COc1cc(OC)cc(C(=O)N2CCC(Cc3nc4cccnc4n3CC(C)C)C2)c1. The number of carbonyl (C=O) groups excluding carboxylic acids is 1. The zero-order valence-electron chi connectivity index (χ0n) is 18.7. The third-order valence-corrected chi connectivity index (χ3v) is 5.77. The second-order valence-electron chi connectivity index (χ2n) is 8.59. The highest BCUT2D eigenvalue weighted by atomic mass is 16.5. The fourth-order valence-electron chi connectivity index (χ4n) is 4.27. The van der Waals surface area contributed by atoms with Crippen LogP contribution in [0.4, 0.5) is 0 Å². The number of nitrogens with zero attached hydrogens (tertiary/aromatic N) is 4. The zero-order valence-corrected chi connectivity index (χ0v) is 18.7. The summed E-state index contributed by atoms with van der Waals surface area (Å²) in [5.41, 5.74) is 2.47. The Morgan fingerprint density at radius 2 is 1.94 bits per heavy atom. The summed E-state index contributed by atoms with van der Waals surface area (Å²) in [7, 11) is 3.18. The van der Waals surface area contributed by atoms with E-state index in [0.717, 1.165) is 49.5 Å². The zero-order chi connectivity index (χ0) is 22.0. The van der Waals surface area contributed by atoms with E-state index in [4.69, 9.17) is 14.5 Å². The molecule has 7 heteroatoms. The minimum atomic E-state index is 0.0112. The third-order valence-electron chi connectivity index (χ3n) is 5.77. The number of pyridine rings is 1. The Bertz CT molecular complexity index is 1050. The number of carbonyl (C=O) groups is 1. The van der Waals surface area contributed by atoms with Gasteiger partial charge < -0.3 is 18.9 Å². The van der Waals surface area contributed by atoms with Crippen molar-refractivity contribution >= 4 is 17.1 Å². The van der Waals surface area contributed by atoms with Gasteiger partial charge in [0.25, 0.3) is 5.91 Å². The van der Waals surface area contributed by atoms with Crippen LogP contribution in [0.15, 0.2) is 36.5 Å². The monoisotopic (exact) mass is 422 g/mol. The number of hydrogen-bond donors (Lipinski definition) is 0. The molecule has 0 spiro atoms. The Kier molecular flexibility index (Phi) is 6.11. The highest BCUT2D eigenvalue weighted by Gasteiger charge is 2.29. The molecule has 31 heavy (non-hydrogen) atoms. The van der Waals surface area contributed by atoms with Gasteiger partial charge in [0.15, 0.2) is 5.65 Å². The smallest absolute Gasteiger partial charge is 0.254 e. The Labute approximate surface area is 183 Å². The van der Waals surface area contributed by atoms with Crippen LogP contribution in [0.1, 0.15) is 36.5 Å². The van der Waals surface area contributed by atoms with Gasteiger partial charge in [-0.3, -0.25) is 4.79 Å². The quantitative estimate of drug-likeness (QED) is 0.579. The lowest BCUT2D eigenvalue weighted by atomic mass is 10.0. The van der Waals surface area contributed by atoms with Gasteiger partial charge in [0.05, 0.1) is 14.2 Å². The number of likely N-dealkylation sites (tertiary alicyclic amines) is 1. The third kappa shape index (κ3) is 4.50. The molecule has 1 unspecified atom stereocenters. The van der Waals surface area contributed by atoms with Gasteiger partial charge in [-0.25, -0.2) is 9.97 Å². The van der Waals surface area contributed by atoms with Gasteiger partial charge in [0, 0.05) is 43.9 Å². The van der Waals surface area contributed by atoms with Gasteiger partial charge in [0.2, 0.25) is 0 Å². The molecule has 4 rings (SSSR count). The molecule has 1 amide bonds. The van der Waals surface area contributed by atoms with Crippen molar-refractivity contribution in [3.05, 3.63) is 47.9 Å². The van der Waals surface area contributed by atoms with Crippen molar-refractivity contribution in [1.82, 2.24) is 19.4 Å². The molecule has 1 saturated heterocycles. The minimum absolute atomic E-state index is 0.0112. The fourth-order valence-corrected chi connectivity index (χ4v) is 4.27. The Morgan fingerprint density at radius 1 is 1.19 bits per heavy atom. The molecule has 0 radical (unpaired) electrons. The first kappa shape index (κ1) is 21.2. The Morgan fingerprint density at radius 3 is 2.61 bits per heavy atom. The van der Waals surface area contributed by atoms with Crippen LogP contribution in [0.2, 0.25) is 0 Å². The van der Waals surface area contributed by atoms with Crippen LogP contribution in [0, 0.1) is 11.8 Å². The largest absolute Gasteiger partial charge is 0.497 e.